The molecule has 0 radical (unpaired) electrons. The van der Waals surface area contributed by atoms with E-state index < -0.39 is 5.60 Å². The smallest absolute Gasteiger partial charge is 0.133 e. The summed E-state index contributed by atoms with van der Waals surface area (Å²) in [5.74, 6) is 0.609. The minimum absolute atomic E-state index is 0.246. The fourth-order valence-electron chi connectivity index (χ4n) is 3.07. The fraction of sp³-hybridized carbons (Fsp3) is 0.211. The monoisotopic (exact) mass is 293 g/mol. The number of aromatic nitrogens is 1. The van der Waals surface area contributed by atoms with Gasteiger partial charge in [0.2, 0.25) is 0 Å². The van der Waals surface area contributed by atoms with Gasteiger partial charge in [-0.05, 0) is 49.7 Å². The van der Waals surface area contributed by atoms with E-state index in [9.17, 15) is 4.39 Å². The summed E-state index contributed by atoms with van der Waals surface area (Å²) in [6.07, 6.45) is 0.816. The summed E-state index contributed by atoms with van der Waals surface area (Å²) in [6, 6.07) is 14.7. The summed E-state index contributed by atoms with van der Waals surface area (Å²) in [4.78, 5) is 4.79. The maximum atomic E-state index is 13.5. The Kier molecular flexibility index (Phi) is 2.73. The summed E-state index contributed by atoms with van der Waals surface area (Å²) in [7, 11) is 0. The van der Waals surface area contributed by atoms with Crippen LogP contribution in [0, 0.1) is 5.82 Å². The van der Waals surface area contributed by atoms with Crippen LogP contribution in [0.4, 0.5) is 4.39 Å². The third-order valence-corrected chi connectivity index (χ3v) is 4.50. The lowest BCUT2D eigenvalue weighted by Crippen LogP contribution is -2.32. The lowest BCUT2D eigenvalue weighted by atomic mass is 9.85. The molecule has 0 aliphatic carbocycles. The third-order valence-electron chi connectivity index (χ3n) is 4.50. The molecule has 3 aromatic rings. The van der Waals surface area contributed by atoms with Crippen LogP contribution in [0.5, 0.6) is 5.75 Å². The zero-order chi connectivity index (χ0) is 15.3. The van der Waals surface area contributed by atoms with Crippen LogP contribution in [-0.2, 0) is 5.60 Å². The number of nitrogens with zero attached hydrogens (tertiary/aromatic N) is 1. The Bertz CT molecular complexity index is 890. The van der Waals surface area contributed by atoms with E-state index in [2.05, 4.69) is 13.8 Å². The van der Waals surface area contributed by atoms with Crippen LogP contribution in [0.1, 0.15) is 25.8 Å². The molecule has 1 atom stereocenters. The summed E-state index contributed by atoms with van der Waals surface area (Å²) in [5, 5.41) is 0.807. The van der Waals surface area contributed by atoms with E-state index in [1.807, 2.05) is 30.3 Å². The Morgan fingerprint density at radius 1 is 1.14 bits per heavy atom. The lowest BCUT2D eigenvalue weighted by molar-refractivity contribution is 0.0794. The van der Waals surface area contributed by atoms with Gasteiger partial charge in [0.15, 0.2) is 0 Å². The van der Waals surface area contributed by atoms with Crippen LogP contribution in [0.25, 0.3) is 22.2 Å². The first-order valence-electron chi connectivity index (χ1n) is 7.50. The minimum Gasteiger partial charge on any atom is -0.482 e. The highest BCUT2D eigenvalue weighted by molar-refractivity contribution is 5.86. The average Bonchev–Trinajstić information content (AvgIpc) is 2.53. The number of fused-ring (bicyclic) bond motifs is 4. The van der Waals surface area contributed by atoms with Gasteiger partial charge < -0.3 is 4.74 Å². The van der Waals surface area contributed by atoms with E-state index in [4.69, 9.17) is 9.72 Å². The topological polar surface area (TPSA) is 22.1 Å². The number of ether oxygens (including phenoxy) is 1. The molecule has 0 spiro atoms. The Balaban J connectivity index is 2.09. The van der Waals surface area contributed by atoms with E-state index in [1.165, 1.54) is 12.1 Å². The molecular formula is C19H16FNO. The van der Waals surface area contributed by atoms with Crippen molar-refractivity contribution in [3.8, 4) is 17.0 Å². The highest BCUT2D eigenvalue weighted by Gasteiger charge is 2.36. The van der Waals surface area contributed by atoms with E-state index >= 15 is 0 Å². The maximum Gasteiger partial charge on any atom is 0.133 e. The van der Waals surface area contributed by atoms with Crippen molar-refractivity contribution in [2.75, 3.05) is 0 Å². The van der Waals surface area contributed by atoms with Crippen molar-refractivity contribution < 1.29 is 9.13 Å². The zero-order valence-corrected chi connectivity index (χ0v) is 12.6. The molecule has 0 N–H and O–H groups in total. The number of pyridine rings is 1. The van der Waals surface area contributed by atoms with Gasteiger partial charge in [0.25, 0.3) is 0 Å². The van der Waals surface area contributed by atoms with Crippen molar-refractivity contribution in [3.63, 3.8) is 0 Å². The van der Waals surface area contributed by atoms with Crippen LogP contribution in [0.15, 0.2) is 48.5 Å². The van der Waals surface area contributed by atoms with Gasteiger partial charge in [-0.3, -0.25) is 0 Å². The van der Waals surface area contributed by atoms with E-state index in [1.54, 1.807) is 6.07 Å². The number of para-hydroxylation sites is 1. The van der Waals surface area contributed by atoms with E-state index in [0.717, 1.165) is 39.9 Å². The molecule has 3 heteroatoms. The molecule has 0 bridgehead atoms. The first-order valence-corrected chi connectivity index (χ1v) is 7.50. The normalized spacial score (nSPS) is 19.4. The molecule has 0 amide bonds. The number of hydrogen-bond donors (Lipinski definition) is 0. The molecule has 0 saturated heterocycles. The third kappa shape index (κ3) is 1.82. The second-order valence-electron chi connectivity index (χ2n) is 5.90. The zero-order valence-electron chi connectivity index (χ0n) is 12.6. The molecule has 4 rings (SSSR count). The second kappa shape index (κ2) is 4.54. The molecule has 0 fully saturated rings. The first kappa shape index (κ1) is 13.3. The second-order valence-corrected chi connectivity index (χ2v) is 5.90. The van der Waals surface area contributed by atoms with Crippen molar-refractivity contribution in [1.82, 2.24) is 4.98 Å². The standard InChI is InChI=1S/C19H16FNO/c1-3-19(2)15-11-12-10-13(20)8-9-16(12)21-18(15)14-6-4-5-7-17(14)22-19/h4-11H,3H2,1-2H3. The van der Waals surface area contributed by atoms with Crippen LogP contribution in [0.2, 0.25) is 0 Å². The SMILES string of the molecule is CCC1(C)Oc2ccccc2-c2nc3ccc(F)cc3cc21. The Morgan fingerprint density at radius 3 is 2.77 bits per heavy atom. The highest BCUT2D eigenvalue weighted by Crippen LogP contribution is 2.46. The maximum absolute atomic E-state index is 13.5. The average molecular weight is 293 g/mol. The van der Waals surface area contributed by atoms with Crippen molar-refractivity contribution in [1.29, 1.82) is 0 Å². The van der Waals surface area contributed by atoms with Gasteiger partial charge in [-0.25, -0.2) is 9.37 Å². The predicted octanol–water partition coefficient (Wildman–Crippen LogP) is 5.06. The van der Waals surface area contributed by atoms with Gasteiger partial charge in [0.05, 0.1) is 11.2 Å². The first-order chi connectivity index (χ1) is 10.6. The number of halogens is 1. The molecular weight excluding hydrogens is 277 g/mol. The minimum atomic E-state index is -0.447. The Hall–Kier alpha value is -2.42. The Morgan fingerprint density at radius 2 is 1.95 bits per heavy atom. The summed E-state index contributed by atoms with van der Waals surface area (Å²) < 4.78 is 19.8. The molecule has 1 aromatic heterocycles. The molecule has 1 aliphatic heterocycles. The quantitative estimate of drug-likeness (QED) is 0.625. The fourth-order valence-corrected chi connectivity index (χ4v) is 3.07. The lowest BCUT2D eigenvalue weighted by Gasteiger charge is -2.36. The number of rotatable bonds is 1. The largest absolute Gasteiger partial charge is 0.482 e. The summed E-state index contributed by atoms with van der Waals surface area (Å²) in [6.45, 7) is 4.15. The Labute approximate surface area is 128 Å². The van der Waals surface area contributed by atoms with Gasteiger partial charge in [-0.15, -0.1) is 0 Å². The molecule has 22 heavy (non-hydrogen) atoms. The van der Waals surface area contributed by atoms with Crippen LogP contribution in [-0.4, -0.2) is 4.98 Å². The van der Waals surface area contributed by atoms with Crippen LogP contribution in [0.3, 0.4) is 0 Å². The van der Waals surface area contributed by atoms with Crippen molar-refractivity contribution in [3.05, 3.63) is 59.9 Å². The molecule has 2 nitrogen and oxygen atoms in total. The molecule has 1 aliphatic rings. The van der Waals surface area contributed by atoms with Crippen molar-refractivity contribution in [2.45, 2.75) is 25.9 Å². The van der Waals surface area contributed by atoms with Gasteiger partial charge in [-0.2, -0.15) is 0 Å². The number of benzene rings is 2. The summed E-state index contributed by atoms with van der Waals surface area (Å²) in [5.41, 5.74) is 3.30. The number of hydrogen-bond acceptors (Lipinski definition) is 2. The molecule has 2 heterocycles. The van der Waals surface area contributed by atoms with E-state index in [-0.39, 0.29) is 5.82 Å². The highest BCUT2D eigenvalue weighted by atomic mass is 19.1. The van der Waals surface area contributed by atoms with Gasteiger partial charge in [0.1, 0.15) is 17.2 Å². The molecule has 1 unspecified atom stereocenters. The van der Waals surface area contributed by atoms with Crippen molar-refractivity contribution in [2.24, 2.45) is 0 Å². The molecule has 110 valence electrons. The summed E-state index contributed by atoms with van der Waals surface area (Å²) >= 11 is 0. The molecule has 2 aromatic carbocycles. The van der Waals surface area contributed by atoms with Crippen LogP contribution >= 0.6 is 0 Å². The van der Waals surface area contributed by atoms with Crippen LogP contribution < -0.4 is 4.74 Å². The van der Waals surface area contributed by atoms with Gasteiger partial charge in [-0.1, -0.05) is 19.1 Å². The van der Waals surface area contributed by atoms with E-state index in [0.29, 0.717) is 0 Å². The van der Waals surface area contributed by atoms with Crippen molar-refractivity contribution >= 4 is 10.9 Å². The van der Waals surface area contributed by atoms with Gasteiger partial charge in [0, 0.05) is 16.5 Å². The molecule has 0 saturated carbocycles. The predicted molar refractivity (Wildman–Crippen MR) is 85.4 cm³/mol. The van der Waals surface area contributed by atoms with Gasteiger partial charge >= 0.3 is 0 Å².